The number of nitrogens with one attached hydrogen (secondary N) is 1. The van der Waals surface area contributed by atoms with Gasteiger partial charge in [0.1, 0.15) is 5.69 Å². The monoisotopic (exact) mass is 383 g/mol. The van der Waals surface area contributed by atoms with Crippen LogP contribution in [-0.4, -0.2) is 47.1 Å². The average Bonchev–Trinajstić information content (AvgIpc) is 2.70. The van der Waals surface area contributed by atoms with E-state index in [4.69, 9.17) is 4.74 Å². The first kappa shape index (κ1) is 19.8. The highest BCUT2D eigenvalue weighted by atomic mass is 16.5. The van der Waals surface area contributed by atoms with Gasteiger partial charge in [0.15, 0.2) is 0 Å². The molecule has 0 saturated carbocycles. The van der Waals surface area contributed by atoms with E-state index in [1.54, 1.807) is 18.3 Å². The van der Waals surface area contributed by atoms with Crippen LogP contribution >= 0.6 is 0 Å². The van der Waals surface area contributed by atoms with Gasteiger partial charge in [-0.25, -0.2) is 4.98 Å². The number of carboxylic acids is 1. The summed E-state index contributed by atoms with van der Waals surface area (Å²) in [6.45, 7) is 3.60. The van der Waals surface area contributed by atoms with Crippen LogP contribution in [-0.2, 0) is 16.1 Å². The van der Waals surface area contributed by atoms with Crippen LogP contribution in [0.15, 0.2) is 42.6 Å². The average molecular weight is 383 g/mol. The number of benzene rings is 1. The maximum absolute atomic E-state index is 12.9. The van der Waals surface area contributed by atoms with Gasteiger partial charge in [-0.3, -0.25) is 14.5 Å². The van der Waals surface area contributed by atoms with Crippen LogP contribution in [0.5, 0.6) is 5.88 Å². The molecule has 28 heavy (non-hydrogen) atoms. The summed E-state index contributed by atoms with van der Waals surface area (Å²) in [4.78, 5) is 30.6. The molecular weight excluding hydrogens is 358 g/mol. The van der Waals surface area contributed by atoms with Crippen molar-refractivity contribution in [3.05, 3.63) is 53.7 Å². The largest absolute Gasteiger partial charge is 0.481 e. The van der Waals surface area contributed by atoms with Gasteiger partial charge in [-0.05, 0) is 36.6 Å². The lowest BCUT2D eigenvalue weighted by molar-refractivity contribution is -0.145. The second-order valence-electron chi connectivity index (χ2n) is 7.14. The minimum absolute atomic E-state index is 0.216. The summed E-state index contributed by atoms with van der Waals surface area (Å²) in [6.07, 6.45) is 1.90. The molecule has 1 aromatic heterocycles. The standard InChI is InChI=1S/C21H25N3O4/c1-14-6-3-4-7-15(14)11-24-12-16(10-17(13-24)21(26)27)19(25)23-18-8-5-9-22-20(18)28-2/h3-9,16-17H,10-13H2,1-2H3,(H,23,25)(H,26,27)/t16-,17+/m1/s1. The van der Waals surface area contributed by atoms with Gasteiger partial charge >= 0.3 is 5.97 Å². The fraction of sp³-hybridized carbons (Fsp3) is 0.381. The summed E-state index contributed by atoms with van der Waals surface area (Å²) < 4.78 is 5.18. The summed E-state index contributed by atoms with van der Waals surface area (Å²) in [7, 11) is 1.49. The van der Waals surface area contributed by atoms with Gasteiger partial charge in [-0.15, -0.1) is 0 Å². The minimum Gasteiger partial charge on any atom is -0.481 e. The number of pyridine rings is 1. The number of carbonyl (C=O) groups is 2. The van der Waals surface area contributed by atoms with Crippen molar-refractivity contribution in [3.8, 4) is 5.88 Å². The Morgan fingerprint density at radius 1 is 1.21 bits per heavy atom. The van der Waals surface area contributed by atoms with Crippen LogP contribution in [0.3, 0.4) is 0 Å². The highest BCUT2D eigenvalue weighted by molar-refractivity contribution is 5.94. The van der Waals surface area contributed by atoms with Gasteiger partial charge < -0.3 is 15.2 Å². The molecule has 1 fully saturated rings. The fourth-order valence-corrected chi connectivity index (χ4v) is 3.60. The molecule has 1 aromatic carbocycles. The zero-order valence-corrected chi connectivity index (χ0v) is 16.1. The third-order valence-electron chi connectivity index (χ3n) is 5.12. The number of rotatable bonds is 6. The first-order valence-corrected chi connectivity index (χ1v) is 9.27. The van der Waals surface area contributed by atoms with E-state index in [0.29, 0.717) is 37.6 Å². The second-order valence-corrected chi connectivity index (χ2v) is 7.14. The van der Waals surface area contributed by atoms with Crippen LogP contribution in [0.1, 0.15) is 17.5 Å². The zero-order valence-electron chi connectivity index (χ0n) is 16.1. The summed E-state index contributed by atoms with van der Waals surface area (Å²) in [5, 5.41) is 12.4. The molecule has 0 radical (unpaired) electrons. The molecule has 7 nitrogen and oxygen atoms in total. The number of aliphatic carboxylic acids is 1. The summed E-state index contributed by atoms with van der Waals surface area (Å²) >= 11 is 0. The lowest BCUT2D eigenvalue weighted by Crippen LogP contribution is -2.46. The number of anilines is 1. The van der Waals surface area contributed by atoms with Crippen molar-refractivity contribution in [1.82, 2.24) is 9.88 Å². The smallest absolute Gasteiger partial charge is 0.307 e. The Morgan fingerprint density at radius 3 is 2.68 bits per heavy atom. The molecule has 0 bridgehead atoms. The number of piperidine rings is 1. The number of ether oxygens (including phenoxy) is 1. The van der Waals surface area contributed by atoms with Crippen molar-refractivity contribution in [2.75, 3.05) is 25.5 Å². The predicted octanol–water partition coefficient (Wildman–Crippen LogP) is 2.56. The van der Waals surface area contributed by atoms with Crippen LogP contribution < -0.4 is 10.1 Å². The number of carboxylic acid groups (broad SMARTS) is 1. The number of nitrogens with zero attached hydrogens (tertiary/aromatic N) is 2. The molecule has 1 aliphatic heterocycles. The van der Waals surface area contributed by atoms with E-state index >= 15 is 0 Å². The lowest BCUT2D eigenvalue weighted by Gasteiger charge is -2.35. The van der Waals surface area contributed by atoms with Gasteiger partial charge in [0.2, 0.25) is 11.8 Å². The predicted molar refractivity (Wildman–Crippen MR) is 105 cm³/mol. The Hall–Kier alpha value is -2.93. The Labute approximate surface area is 164 Å². The Kier molecular flexibility index (Phi) is 6.26. The third kappa shape index (κ3) is 4.67. The maximum atomic E-state index is 12.9. The van der Waals surface area contributed by atoms with Gasteiger partial charge in [-0.2, -0.15) is 0 Å². The van der Waals surface area contributed by atoms with Gasteiger partial charge in [0.05, 0.1) is 18.9 Å². The summed E-state index contributed by atoms with van der Waals surface area (Å²) in [5.41, 5.74) is 2.78. The minimum atomic E-state index is -0.869. The molecule has 0 unspecified atom stereocenters. The fourth-order valence-electron chi connectivity index (χ4n) is 3.60. The van der Waals surface area contributed by atoms with Gasteiger partial charge in [0.25, 0.3) is 0 Å². The number of likely N-dealkylation sites (tertiary alicyclic amines) is 1. The van der Waals surface area contributed by atoms with E-state index in [0.717, 1.165) is 11.1 Å². The number of hydrogen-bond acceptors (Lipinski definition) is 5. The molecule has 2 heterocycles. The van der Waals surface area contributed by atoms with E-state index in [1.807, 2.05) is 31.2 Å². The summed E-state index contributed by atoms with van der Waals surface area (Å²) in [6, 6.07) is 11.4. The molecule has 3 rings (SSSR count). The highest BCUT2D eigenvalue weighted by Crippen LogP contribution is 2.27. The Balaban J connectivity index is 1.74. The van der Waals surface area contributed by atoms with E-state index < -0.39 is 17.8 Å². The lowest BCUT2D eigenvalue weighted by atomic mass is 9.88. The quantitative estimate of drug-likeness (QED) is 0.797. The molecule has 1 amide bonds. The normalized spacial score (nSPS) is 19.8. The van der Waals surface area contributed by atoms with Gasteiger partial charge in [-0.1, -0.05) is 24.3 Å². The molecule has 2 N–H and O–H groups in total. The molecule has 0 aliphatic carbocycles. The number of carbonyl (C=O) groups excluding carboxylic acids is 1. The van der Waals surface area contributed by atoms with Crippen LogP contribution in [0, 0.1) is 18.8 Å². The number of aromatic nitrogens is 1. The SMILES string of the molecule is COc1ncccc1NC(=O)[C@@H]1C[C@H](C(=O)O)CN(Cc2ccccc2C)C1. The topological polar surface area (TPSA) is 91.8 Å². The van der Waals surface area contributed by atoms with Crippen molar-refractivity contribution in [3.63, 3.8) is 0 Å². The molecule has 1 aliphatic rings. The van der Waals surface area contributed by atoms with Crippen molar-refractivity contribution >= 4 is 17.6 Å². The molecular formula is C21H25N3O4. The summed E-state index contributed by atoms with van der Waals surface area (Å²) in [5.74, 6) is -1.76. The van der Waals surface area contributed by atoms with Gasteiger partial charge in [0, 0.05) is 25.8 Å². The van der Waals surface area contributed by atoms with E-state index in [9.17, 15) is 14.7 Å². The van der Waals surface area contributed by atoms with Crippen LogP contribution in [0.4, 0.5) is 5.69 Å². The van der Waals surface area contributed by atoms with Crippen LogP contribution in [0.2, 0.25) is 0 Å². The first-order chi connectivity index (χ1) is 13.5. The third-order valence-corrected chi connectivity index (χ3v) is 5.12. The Bertz CT molecular complexity index is 855. The number of hydrogen-bond donors (Lipinski definition) is 2. The molecule has 7 heteroatoms. The highest BCUT2D eigenvalue weighted by Gasteiger charge is 2.35. The molecule has 0 spiro atoms. The van der Waals surface area contributed by atoms with E-state index in [2.05, 4.69) is 15.2 Å². The van der Waals surface area contributed by atoms with Crippen molar-refractivity contribution in [2.45, 2.75) is 19.9 Å². The molecule has 2 atom stereocenters. The molecule has 1 saturated heterocycles. The zero-order chi connectivity index (χ0) is 20.1. The van der Waals surface area contributed by atoms with Crippen LogP contribution in [0.25, 0.3) is 0 Å². The van der Waals surface area contributed by atoms with Crippen molar-refractivity contribution < 1.29 is 19.4 Å². The Morgan fingerprint density at radius 2 is 1.96 bits per heavy atom. The van der Waals surface area contributed by atoms with E-state index in [1.165, 1.54) is 7.11 Å². The number of amides is 1. The van der Waals surface area contributed by atoms with Crippen molar-refractivity contribution in [1.29, 1.82) is 0 Å². The van der Waals surface area contributed by atoms with Crippen molar-refractivity contribution in [2.24, 2.45) is 11.8 Å². The first-order valence-electron chi connectivity index (χ1n) is 9.27. The number of aryl methyl sites for hydroxylation is 1. The van der Waals surface area contributed by atoms with E-state index in [-0.39, 0.29) is 5.91 Å². The molecule has 2 aromatic rings. The second kappa shape index (κ2) is 8.84. The molecule has 148 valence electrons. The number of methoxy groups -OCH3 is 1. The maximum Gasteiger partial charge on any atom is 0.307 e.